The fourth-order valence-corrected chi connectivity index (χ4v) is 2.62. The highest BCUT2D eigenvalue weighted by atomic mass is 35.5. The summed E-state index contributed by atoms with van der Waals surface area (Å²) in [5.41, 5.74) is 6.34. The Balaban J connectivity index is 1.57. The van der Waals surface area contributed by atoms with E-state index in [1.807, 2.05) is 37.3 Å². The number of carbonyl (C=O) groups excluding carboxylic acids is 3. The van der Waals surface area contributed by atoms with Gasteiger partial charge in [0.1, 0.15) is 5.75 Å². The number of amides is 3. The minimum atomic E-state index is -0.530. The Bertz CT molecular complexity index is 901. The Morgan fingerprint density at radius 2 is 1.77 bits per heavy atom. The fourth-order valence-electron chi connectivity index (χ4n) is 2.40. The SMILES string of the molecule is Cc1cc(Cl)ccc1OCCCC(=O)NNC(=O)CNC(=O)C=Cc1ccccc1. The molecular formula is C22H24ClN3O4. The van der Waals surface area contributed by atoms with Crippen molar-refractivity contribution in [2.75, 3.05) is 13.2 Å². The lowest BCUT2D eigenvalue weighted by molar-refractivity contribution is -0.129. The molecular weight excluding hydrogens is 406 g/mol. The lowest BCUT2D eigenvalue weighted by Crippen LogP contribution is -2.46. The molecule has 0 aliphatic rings. The van der Waals surface area contributed by atoms with Gasteiger partial charge in [0.2, 0.25) is 11.8 Å². The molecule has 3 amide bonds. The summed E-state index contributed by atoms with van der Waals surface area (Å²) < 4.78 is 5.61. The summed E-state index contributed by atoms with van der Waals surface area (Å²) in [6, 6.07) is 14.6. The van der Waals surface area contributed by atoms with E-state index in [2.05, 4.69) is 16.2 Å². The van der Waals surface area contributed by atoms with Crippen LogP contribution < -0.4 is 20.9 Å². The molecule has 2 aromatic rings. The smallest absolute Gasteiger partial charge is 0.257 e. The van der Waals surface area contributed by atoms with Gasteiger partial charge in [0.15, 0.2) is 0 Å². The Kier molecular flexibility index (Phi) is 9.40. The summed E-state index contributed by atoms with van der Waals surface area (Å²) in [4.78, 5) is 35.2. The van der Waals surface area contributed by atoms with Crippen LogP contribution in [0.3, 0.4) is 0 Å². The monoisotopic (exact) mass is 429 g/mol. The van der Waals surface area contributed by atoms with E-state index in [0.29, 0.717) is 23.8 Å². The molecule has 3 N–H and O–H groups in total. The van der Waals surface area contributed by atoms with Crippen LogP contribution in [0.5, 0.6) is 5.75 Å². The van der Waals surface area contributed by atoms with E-state index in [9.17, 15) is 14.4 Å². The predicted octanol–water partition coefficient (Wildman–Crippen LogP) is 2.78. The number of hydrogen-bond acceptors (Lipinski definition) is 4. The zero-order chi connectivity index (χ0) is 21.8. The van der Waals surface area contributed by atoms with Crippen molar-refractivity contribution in [1.29, 1.82) is 0 Å². The molecule has 0 bridgehead atoms. The van der Waals surface area contributed by atoms with Gasteiger partial charge >= 0.3 is 0 Å². The molecule has 0 atom stereocenters. The van der Waals surface area contributed by atoms with Crippen LogP contribution in [-0.4, -0.2) is 30.9 Å². The number of rotatable bonds is 9. The first kappa shape index (κ1) is 23.0. The maximum Gasteiger partial charge on any atom is 0.257 e. The van der Waals surface area contributed by atoms with Gasteiger partial charge in [-0.3, -0.25) is 25.2 Å². The van der Waals surface area contributed by atoms with Gasteiger partial charge in [0.05, 0.1) is 13.2 Å². The number of benzene rings is 2. The van der Waals surface area contributed by atoms with Crippen molar-refractivity contribution < 1.29 is 19.1 Å². The third-order valence-electron chi connectivity index (χ3n) is 3.93. The van der Waals surface area contributed by atoms with Crippen LogP contribution in [0, 0.1) is 6.92 Å². The second kappa shape index (κ2) is 12.3. The van der Waals surface area contributed by atoms with Crippen LogP contribution in [0.2, 0.25) is 5.02 Å². The van der Waals surface area contributed by atoms with Crippen LogP contribution in [0.4, 0.5) is 0 Å². The molecule has 2 aromatic carbocycles. The average molecular weight is 430 g/mol. The first-order chi connectivity index (χ1) is 14.4. The molecule has 8 heteroatoms. The Labute approximate surface area is 180 Å². The number of ether oxygens (including phenoxy) is 1. The van der Waals surface area contributed by atoms with Gasteiger partial charge in [-0.2, -0.15) is 0 Å². The van der Waals surface area contributed by atoms with E-state index in [1.165, 1.54) is 6.08 Å². The third kappa shape index (κ3) is 8.79. The first-order valence-corrected chi connectivity index (χ1v) is 9.79. The van der Waals surface area contributed by atoms with Crippen LogP contribution in [-0.2, 0) is 14.4 Å². The largest absolute Gasteiger partial charge is 0.493 e. The normalized spacial score (nSPS) is 10.5. The van der Waals surface area contributed by atoms with Crippen LogP contribution >= 0.6 is 11.6 Å². The van der Waals surface area contributed by atoms with E-state index < -0.39 is 11.8 Å². The van der Waals surface area contributed by atoms with Crippen molar-refractivity contribution in [3.8, 4) is 5.75 Å². The van der Waals surface area contributed by atoms with Gasteiger partial charge in [-0.25, -0.2) is 0 Å². The zero-order valence-corrected chi connectivity index (χ0v) is 17.4. The molecule has 0 heterocycles. The molecule has 0 aliphatic carbocycles. The highest BCUT2D eigenvalue weighted by Gasteiger charge is 2.06. The van der Waals surface area contributed by atoms with Crippen molar-refractivity contribution in [2.24, 2.45) is 0 Å². The van der Waals surface area contributed by atoms with Crippen molar-refractivity contribution in [3.63, 3.8) is 0 Å². The Morgan fingerprint density at radius 3 is 2.50 bits per heavy atom. The number of nitrogens with one attached hydrogen (secondary N) is 3. The van der Waals surface area contributed by atoms with Crippen LogP contribution in [0.25, 0.3) is 6.08 Å². The number of carbonyl (C=O) groups is 3. The van der Waals surface area contributed by atoms with Crippen LogP contribution in [0.1, 0.15) is 24.0 Å². The van der Waals surface area contributed by atoms with Gasteiger partial charge in [-0.15, -0.1) is 0 Å². The molecule has 0 aliphatic heterocycles. The van der Waals surface area contributed by atoms with Crippen molar-refractivity contribution in [2.45, 2.75) is 19.8 Å². The summed E-state index contributed by atoms with van der Waals surface area (Å²) in [7, 11) is 0. The molecule has 158 valence electrons. The maximum atomic E-state index is 11.8. The number of hydrogen-bond donors (Lipinski definition) is 3. The predicted molar refractivity (Wildman–Crippen MR) is 116 cm³/mol. The molecule has 30 heavy (non-hydrogen) atoms. The molecule has 0 spiro atoms. The molecule has 0 saturated carbocycles. The first-order valence-electron chi connectivity index (χ1n) is 9.41. The molecule has 0 radical (unpaired) electrons. The Morgan fingerprint density at radius 1 is 1.03 bits per heavy atom. The van der Waals surface area contributed by atoms with Crippen LogP contribution in [0.15, 0.2) is 54.6 Å². The molecule has 0 saturated heterocycles. The van der Waals surface area contributed by atoms with Gasteiger partial charge in [0.25, 0.3) is 5.91 Å². The van der Waals surface area contributed by atoms with Crippen molar-refractivity contribution in [3.05, 3.63) is 70.8 Å². The highest BCUT2D eigenvalue weighted by Crippen LogP contribution is 2.21. The lowest BCUT2D eigenvalue weighted by Gasteiger charge is -2.10. The summed E-state index contributed by atoms with van der Waals surface area (Å²) in [6.07, 6.45) is 3.64. The topological polar surface area (TPSA) is 96.5 Å². The second-order valence-electron chi connectivity index (χ2n) is 6.42. The van der Waals surface area contributed by atoms with Crippen molar-refractivity contribution in [1.82, 2.24) is 16.2 Å². The Hall–Kier alpha value is -3.32. The molecule has 0 aromatic heterocycles. The van der Waals surface area contributed by atoms with E-state index in [4.69, 9.17) is 16.3 Å². The third-order valence-corrected chi connectivity index (χ3v) is 4.17. The molecule has 7 nitrogen and oxygen atoms in total. The minimum Gasteiger partial charge on any atom is -0.493 e. The number of halogens is 1. The van der Waals surface area contributed by atoms with Gasteiger partial charge in [-0.1, -0.05) is 41.9 Å². The lowest BCUT2D eigenvalue weighted by atomic mass is 10.2. The zero-order valence-electron chi connectivity index (χ0n) is 16.6. The maximum absolute atomic E-state index is 11.8. The quantitative estimate of drug-likeness (QED) is 0.324. The average Bonchev–Trinajstić information content (AvgIpc) is 2.74. The van der Waals surface area contributed by atoms with E-state index in [-0.39, 0.29) is 18.9 Å². The van der Waals surface area contributed by atoms with E-state index >= 15 is 0 Å². The minimum absolute atomic E-state index is 0.180. The van der Waals surface area contributed by atoms with Gasteiger partial charge in [-0.05, 0) is 48.7 Å². The molecule has 0 fully saturated rings. The summed E-state index contributed by atoms with van der Waals surface area (Å²) in [5, 5.41) is 3.08. The molecule has 0 unspecified atom stereocenters. The summed E-state index contributed by atoms with van der Waals surface area (Å²) >= 11 is 5.89. The summed E-state index contributed by atoms with van der Waals surface area (Å²) in [5.74, 6) is -0.576. The number of aryl methyl sites for hydroxylation is 1. The number of hydrazine groups is 1. The summed E-state index contributed by atoms with van der Waals surface area (Å²) in [6.45, 7) is 1.99. The molecule has 2 rings (SSSR count). The van der Waals surface area contributed by atoms with Gasteiger partial charge < -0.3 is 10.1 Å². The van der Waals surface area contributed by atoms with E-state index in [1.54, 1.807) is 24.3 Å². The fraction of sp³-hybridized carbons (Fsp3) is 0.227. The van der Waals surface area contributed by atoms with E-state index in [0.717, 1.165) is 11.1 Å². The highest BCUT2D eigenvalue weighted by molar-refractivity contribution is 6.30. The second-order valence-corrected chi connectivity index (χ2v) is 6.86. The standard InChI is InChI=1S/C22H24ClN3O4/c1-16-14-18(23)10-11-19(16)30-13-5-8-21(28)25-26-22(29)15-24-20(27)12-9-17-6-3-2-4-7-17/h2-4,6-7,9-12,14H,5,8,13,15H2,1H3,(H,24,27)(H,25,28)(H,26,29). The van der Waals surface area contributed by atoms with Gasteiger partial charge in [0, 0.05) is 17.5 Å². The van der Waals surface area contributed by atoms with Crippen molar-refractivity contribution >= 4 is 35.4 Å².